The summed E-state index contributed by atoms with van der Waals surface area (Å²) in [6, 6.07) is 15.7. The van der Waals surface area contributed by atoms with E-state index < -0.39 is 0 Å². The molecule has 45 heavy (non-hydrogen) atoms. The number of hydrogen-bond acceptors (Lipinski definition) is 8. The van der Waals surface area contributed by atoms with Crippen LogP contribution in [0.1, 0.15) is 16.1 Å². The Morgan fingerprint density at radius 3 is 2.64 bits per heavy atom. The molecule has 1 aliphatic rings. The highest BCUT2D eigenvalue weighted by Gasteiger charge is 2.19. The lowest BCUT2D eigenvalue weighted by molar-refractivity contribution is 0.101. The van der Waals surface area contributed by atoms with Crippen LogP contribution < -0.4 is 15.8 Å². The van der Waals surface area contributed by atoms with Crippen LogP contribution in [-0.2, 0) is 7.05 Å². The van der Waals surface area contributed by atoms with Gasteiger partial charge in [-0.2, -0.15) is 0 Å². The van der Waals surface area contributed by atoms with E-state index in [0.717, 1.165) is 83.5 Å². The zero-order chi connectivity index (χ0) is 31.5. The molecule has 6 rings (SSSR count). The van der Waals surface area contributed by atoms with Gasteiger partial charge in [-0.05, 0) is 49.3 Å². The monoisotopic (exact) mass is 623 g/mol. The molecule has 0 radical (unpaired) electrons. The molecule has 10 heteroatoms. The van der Waals surface area contributed by atoms with Gasteiger partial charge < -0.3 is 25.3 Å². The smallest absolute Gasteiger partial charge is 0.272 e. The number of nitrogen functional groups attached to an aromatic ring is 1. The van der Waals surface area contributed by atoms with Crippen LogP contribution in [0.2, 0.25) is 0 Å². The molecule has 3 N–H and O–H groups in total. The lowest BCUT2D eigenvalue weighted by Crippen LogP contribution is -2.47. The molecule has 1 amide bonds. The van der Waals surface area contributed by atoms with E-state index in [0.29, 0.717) is 22.9 Å². The van der Waals surface area contributed by atoms with E-state index in [2.05, 4.69) is 56.6 Å². The molecule has 1 saturated heterocycles. The topological polar surface area (TPSA) is 91.9 Å². The second kappa shape index (κ2) is 13.4. The van der Waals surface area contributed by atoms with Crippen molar-refractivity contribution in [3.05, 3.63) is 77.4 Å². The first kappa shape index (κ1) is 30.8. The Morgan fingerprint density at radius 2 is 1.89 bits per heavy atom. The molecule has 234 valence electrons. The molecule has 0 aliphatic carbocycles. The largest absolute Gasteiger partial charge is 0.495 e. The maximum atomic E-state index is 13.3. The zero-order valence-corrected chi connectivity index (χ0v) is 27.2. The summed E-state index contributed by atoms with van der Waals surface area (Å²) in [7, 11) is 7.77. The number of likely N-dealkylation sites (N-methyl/N-ethyl adjacent to an activating group) is 1. The number of ether oxygens (including phenoxy) is 1. The van der Waals surface area contributed by atoms with Gasteiger partial charge in [0.25, 0.3) is 5.91 Å². The number of piperazine rings is 1. The van der Waals surface area contributed by atoms with Crippen LogP contribution in [0.15, 0.2) is 66.2 Å². The molecule has 1 aliphatic heterocycles. The normalized spacial score (nSPS) is 14.7. The Kier molecular flexibility index (Phi) is 9.18. The number of fused-ring (bicyclic) bond motifs is 2. The maximum Gasteiger partial charge on any atom is 0.272 e. The van der Waals surface area contributed by atoms with Crippen molar-refractivity contribution in [1.29, 1.82) is 0 Å². The maximum absolute atomic E-state index is 13.3. The number of aromatic nitrogens is 2. The second-order valence-corrected chi connectivity index (χ2v) is 12.7. The lowest BCUT2D eigenvalue weighted by Gasteiger charge is -2.34. The van der Waals surface area contributed by atoms with Crippen LogP contribution in [0.3, 0.4) is 0 Å². The summed E-state index contributed by atoms with van der Waals surface area (Å²) >= 11 is 1.66. The standard InChI is InChI=1S/C35H41N7O2S/c1-39(2)14-15-42-18-16-41(17-19-42)13-7-9-26-22-37-34(36)32-27(23-45-33(26)32)24-11-12-28(31(21-24)44-4)38-35(43)30-20-25-8-5-6-10-29(25)40(30)3/h5-12,20-23H,13-19H2,1-4H3,(H2,36,37)(H,38,43)/b9-7+. The van der Waals surface area contributed by atoms with Crippen molar-refractivity contribution in [2.24, 2.45) is 7.05 Å². The van der Waals surface area contributed by atoms with E-state index in [1.165, 1.54) is 0 Å². The molecule has 1 fully saturated rings. The number of anilines is 2. The number of rotatable bonds is 10. The summed E-state index contributed by atoms with van der Waals surface area (Å²) in [5, 5.41) is 7.11. The number of pyridine rings is 1. The highest BCUT2D eigenvalue weighted by Crippen LogP contribution is 2.41. The van der Waals surface area contributed by atoms with Gasteiger partial charge in [0.15, 0.2) is 0 Å². The van der Waals surface area contributed by atoms with Gasteiger partial charge >= 0.3 is 0 Å². The Balaban J connectivity index is 1.17. The Morgan fingerprint density at radius 1 is 1.11 bits per heavy atom. The fourth-order valence-corrected chi connectivity index (χ4v) is 7.02. The molecule has 0 atom stereocenters. The average Bonchev–Trinajstić information content (AvgIpc) is 3.65. The summed E-state index contributed by atoms with van der Waals surface area (Å²) in [6.07, 6.45) is 6.26. The Hall–Kier alpha value is -4.22. The highest BCUT2D eigenvalue weighted by atomic mass is 32.1. The van der Waals surface area contributed by atoms with Crippen molar-refractivity contribution in [1.82, 2.24) is 24.3 Å². The van der Waals surface area contributed by atoms with Gasteiger partial charge in [-0.25, -0.2) is 4.98 Å². The highest BCUT2D eigenvalue weighted by molar-refractivity contribution is 7.18. The molecule has 0 bridgehead atoms. The van der Waals surface area contributed by atoms with Crippen molar-refractivity contribution >= 4 is 55.8 Å². The Bertz CT molecular complexity index is 1850. The van der Waals surface area contributed by atoms with Crippen LogP contribution in [0, 0.1) is 0 Å². The van der Waals surface area contributed by atoms with Crippen LogP contribution in [0.25, 0.3) is 38.2 Å². The third-order valence-corrected chi connectivity index (χ3v) is 9.62. The van der Waals surface area contributed by atoms with Gasteiger partial charge in [0.2, 0.25) is 0 Å². The number of thiophene rings is 1. The molecular formula is C35H41N7O2S. The van der Waals surface area contributed by atoms with Crippen LogP contribution >= 0.6 is 11.3 Å². The summed E-state index contributed by atoms with van der Waals surface area (Å²) in [5.41, 5.74) is 11.6. The van der Waals surface area contributed by atoms with Gasteiger partial charge in [-0.3, -0.25) is 14.6 Å². The molecule has 0 saturated carbocycles. The first-order valence-electron chi connectivity index (χ1n) is 15.3. The SMILES string of the molecule is COc1cc(-c2csc3c(/C=C/CN4CCN(CCN(C)C)CC4)cnc(N)c23)ccc1NC(=O)c1cc2ccccc2n1C. The number of para-hydroxylation sites is 1. The number of benzene rings is 2. The van der Waals surface area contributed by atoms with Crippen LogP contribution in [-0.4, -0.2) is 97.2 Å². The minimum absolute atomic E-state index is 0.197. The number of nitrogens with two attached hydrogens (primary N) is 1. The van der Waals surface area contributed by atoms with Crippen molar-refractivity contribution < 1.29 is 9.53 Å². The fourth-order valence-electron chi connectivity index (χ4n) is 5.94. The van der Waals surface area contributed by atoms with Gasteiger partial charge in [-0.15, -0.1) is 11.3 Å². The molecule has 3 aromatic heterocycles. The van der Waals surface area contributed by atoms with E-state index in [-0.39, 0.29) is 5.91 Å². The summed E-state index contributed by atoms with van der Waals surface area (Å²) < 4.78 is 8.74. The van der Waals surface area contributed by atoms with Crippen LogP contribution in [0.4, 0.5) is 11.5 Å². The van der Waals surface area contributed by atoms with Crippen molar-refractivity contribution in [3.63, 3.8) is 0 Å². The van der Waals surface area contributed by atoms with Crippen LogP contribution in [0.5, 0.6) is 5.75 Å². The fraction of sp³-hybridized carbons (Fsp3) is 0.314. The number of amides is 1. The zero-order valence-electron chi connectivity index (χ0n) is 26.4. The molecule has 9 nitrogen and oxygen atoms in total. The number of nitrogens with zero attached hydrogens (tertiary/aromatic N) is 5. The summed E-state index contributed by atoms with van der Waals surface area (Å²) in [6.45, 7) is 7.52. The molecule has 2 aromatic carbocycles. The number of methoxy groups -OCH3 is 1. The average molecular weight is 624 g/mol. The predicted molar refractivity (Wildman–Crippen MR) is 187 cm³/mol. The van der Waals surface area contributed by atoms with E-state index in [4.69, 9.17) is 10.5 Å². The van der Waals surface area contributed by atoms with Gasteiger partial charge in [0, 0.05) is 91.2 Å². The summed E-state index contributed by atoms with van der Waals surface area (Å²) in [4.78, 5) is 25.1. The van der Waals surface area contributed by atoms with E-state index >= 15 is 0 Å². The number of carbonyl (C=O) groups excluding carboxylic acids is 1. The minimum atomic E-state index is -0.197. The molecule has 5 aromatic rings. The number of carbonyl (C=O) groups is 1. The number of nitrogens with one attached hydrogen (secondary N) is 1. The molecule has 0 unspecified atom stereocenters. The Labute approximate surface area is 268 Å². The summed E-state index contributed by atoms with van der Waals surface area (Å²) in [5.74, 6) is 0.875. The molecule has 0 spiro atoms. The molecule has 4 heterocycles. The lowest BCUT2D eigenvalue weighted by atomic mass is 10.0. The predicted octanol–water partition coefficient (Wildman–Crippen LogP) is 5.49. The molecular weight excluding hydrogens is 582 g/mol. The second-order valence-electron chi connectivity index (χ2n) is 11.8. The van der Waals surface area contributed by atoms with Gasteiger partial charge in [-0.1, -0.05) is 36.4 Å². The van der Waals surface area contributed by atoms with E-state index in [9.17, 15) is 4.79 Å². The number of hydrogen-bond donors (Lipinski definition) is 2. The van der Waals surface area contributed by atoms with Crippen molar-refractivity contribution in [2.45, 2.75) is 0 Å². The third kappa shape index (κ3) is 6.60. The van der Waals surface area contributed by atoms with E-state index in [1.54, 1.807) is 18.4 Å². The number of aryl methyl sites for hydroxylation is 1. The first-order chi connectivity index (χ1) is 21.8. The van der Waals surface area contributed by atoms with E-state index in [1.807, 2.05) is 66.3 Å². The minimum Gasteiger partial charge on any atom is -0.495 e. The van der Waals surface area contributed by atoms with Crippen molar-refractivity contribution in [2.75, 3.05) is 78.1 Å². The van der Waals surface area contributed by atoms with Gasteiger partial charge in [0.05, 0.1) is 12.8 Å². The van der Waals surface area contributed by atoms with Crippen molar-refractivity contribution in [3.8, 4) is 16.9 Å². The van der Waals surface area contributed by atoms with Gasteiger partial charge in [0.1, 0.15) is 17.3 Å². The quantitative estimate of drug-likeness (QED) is 0.213. The third-order valence-electron chi connectivity index (χ3n) is 8.59. The first-order valence-corrected chi connectivity index (χ1v) is 16.2.